The molecule has 0 aliphatic heterocycles. The highest BCUT2D eigenvalue weighted by molar-refractivity contribution is 9.11. The molecule has 3 nitrogen and oxygen atoms in total. The van der Waals surface area contributed by atoms with E-state index in [2.05, 4.69) is 31.9 Å². The maximum atomic E-state index is 10.2. The van der Waals surface area contributed by atoms with E-state index in [1.165, 1.54) is 0 Å². The molecule has 0 aliphatic rings. The van der Waals surface area contributed by atoms with Gasteiger partial charge in [-0.3, -0.25) is 4.79 Å². The molecule has 0 aliphatic carbocycles. The smallest absolute Gasteiger partial charge is 0.217 e. The standard InChI is InChI=1S/C9H8Br2NO2/c10-7-2-5(1-6(12)4-13)3-8(11)9(7)14/h2-3,6,14H,1,12H2/t6-/m0/s1. The molecule has 5 heteroatoms. The maximum Gasteiger partial charge on any atom is 0.217 e. The molecule has 0 saturated carbocycles. The van der Waals surface area contributed by atoms with E-state index in [4.69, 9.17) is 5.73 Å². The third kappa shape index (κ3) is 2.80. The van der Waals surface area contributed by atoms with Crippen molar-refractivity contribution in [3.8, 4) is 5.75 Å². The first-order valence-electron chi connectivity index (χ1n) is 3.84. The molecular weight excluding hydrogens is 314 g/mol. The van der Waals surface area contributed by atoms with Gasteiger partial charge in [-0.15, -0.1) is 0 Å². The molecule has 0 bridgehead atoms. The monoisotopic (exact) mass is 320 g/mol. The molecule has 0 aromatic heterocycles. The summed E-state index contributed by atoms with van der Waals surface area (Å²) in [6, 6.07) is 2.81. The summed E-state index contributed by atoms with van der Waals surface area (Å²) in [6.07, 6.45) is 2.11. The number of phenolic OH excluding ortho intramolecular Hbond substituents is 1. The lowest BCUT2D eigenvalue weighted by Crippen LogP contribution is -2.23. The van der Waals surface area contributed by atoms with Crippen molar-refractivity contribution in [3.05, 3.63) is 26.6 Å². The van der Waals surface area contributed by atoms with Crippen LogP contribution < -0.4 is 5.73 Å². The molecule has 75 valence electrons. The van der Waals surface area contributed by atoms with Gasteiger partial charge in [0.1, 0.15) is 5.75 Å². The van der Waals surface area contributed by atoms with E-state index < -0.39 is 6.04 Å². The quantitative estimate of drug-likeness (QED) is 0.893. The molecule has 0 spiro atoms. The van der Waals surface area contributed by atoms with Crippen LogP contribution in [0, 0.1) is 0 Å². The fraction of sp³-hybridized carbons (Fsp3) is 0.222. The van der Waals surface area contributed by atoms with Crippen molar-refractivity contribution in [1.29, 1.82) is 0 Å². The second-order valence-electron chi connectivity index (χ2n) is 2.84. The van der Waals surface area contributed by atoms with Gasteiger partial charge in [0, 0.05) is 0 Å². The Morgan fingerprint density at radius 2 is 1.93 bits per heavy atom. The van der Waals surface area contributed by atoms with Gasteiger partial charge in [0.2, 0.25) is 6.29 Å². The third-order valence-electron chi connectivity index (χ3n) is 1.68. The highest BCUT2D eigenvalue weighted by atomic mass is 79.9. The van der Waals surface area contributed by atoms with Gasteiger partial charge >= 0.3 is 0 Å². The second kappa shape index (κ2) is 4.91. The highest BCUT2D eigenvalue weighted by Gasteiger charge is 2.08. The van der Waals surface area contributed by atoms with Crippen molar-refractivity contribution in [1.82, 2.24) is 0 Å². The van der Waals surface area contributed by atoms with Crippen molar-refractivity contribution >= 4 is 38.1 Å². The van der Waals surface area contributed by atoms with Crippen LogP contribution in [0.1, 0.15) is 5.56 Å². The zero-order chi connectivity index (χ0) is 10.7. The molecule has 0 saturated heterocycles. The largest absolute Gasteiger partial charge is 0.506 e. The number of aromatic hydroxyl groups is 1. The molecule has 1 rings (SSSR count). The van der Waals surface area contributed by atoms with Gasteiger partial charge in [-0.1, -0.05) is 0 Å². The Hall–Kier alpha value is -0.390. The summed E-state index contributed by atoms with van der Waals surface area (Å²) in [6.45, 7) is 0. The number of halogens is 2. The number of hydrogen-bond acceptors (Lipinski definition) is 3. The molecular formula is C9H8Br2NO2. The van der Waals surface area contributed by atoms with Crippen LogP contribution in [0.3, 0.4) is 0 Å². The Bertz CT molecular complexity index is 332. The molecule has 14 heavy (non-hydrogen) atoms. The molecule has 0 heterocycles. The van der Waals surface area contributed by atoms with Crippen LogP contribution in [0.25, 0.3) is 0 Å². The first kappa shape index (κ1) is 11.7. The summed E-state index contributed by atoms with van der Waals surface area (Å²) < 4.78 is 1.14. The normalized spacial score (nSPS) is 12.5. The molecule has 3 N–H and O–H groups in total. The van der Waals surface area contributed by atoms with Gasteiger partial charge in [-0.25, -0.2) is 0 Å². The number of carbonyl (C=O) groups excluding carboxylic acids is 1. The maximum absolute atomic E-state index is 10.2. The van der Waals surface area contributed by atoms with Crippen LogP contribution in [0.5, 0.6) is 5.75 Å². The lowest BCUT2D eigenvalue weighted by Gasteiger charge is -2.07. The Morgan fingerprint density at radius 3 is 2.36 bits per heavy atom. The van der Waals surface area contributed by atoms with Crippen LogP contribution in [-0.4, -0.2) is 17.4 Å². The fourth-order valence-electron chi connectivity index (χ4n) is 1.03. The summed E-state index contributed by atoms with van der Waals surface area (Å²) in [5.74, 6) is 0.136. The van der Waals surface area contributed by atoms with Gasteiger partial charge in [-0.2, -0.15) is 0 Å². The van der Waals surface area contributed by atoms with E-state index in [1.807, 2.05) is 0 Å². The van der Waals surface area contributed by atoms with Crippen molar-refractivity contribution in [2.75, 3.05) is 0 Å². The van der Waals surface area contributed by atoms with Crippen LogP contribution in [0.15, 0.2) is 21.1 Å². The Balaban J connectivity index is 2.95. The summed E-state index contributed by atoms with van der Waals surface area (Å²) >= 11 is 6.38. The fourth-order valence-corrected chi connectivity index (χ4v) is 2.31. The van der Waals surface area contributed by atoms with Crippen LogP contribution >= 0.6 is 31.9 Å². The second-order valence-corrected chi connectivity index (χ2v) is 4.55. The van der Waals surface area contributed by atoms with Gasteiger partial charge in [0.15, 0.2) is 0 Å². The van der Waals surface area contributed by atoms with E-state index in [1.54, 1.807) is 18.4 Å². The Morgan fingerprint density at radius 1 is 1.43 bits per heavy atom. The summed E-state index contributed by atoms with van der Waals surface area (Å²) in [4.78, 5) is 10.2. The lowest BCUT2D eigenvalue weighted by atomic mass is 10.1. The average molecular weight is 322 g/mol. The summed E-state index contributed by atoms with van der Waals surface area (Å²) in [5.41, 5.74) is 6.29. The average Bonchev–Trinajstić information content (AvgIpc) is 2.14. The van der Waals surface area contributed by atoms with E-state index in [-0.39, 0.29) is 5.75 Å². The molecule has 1 radical (unpaired) electrons. The summed E-state index contributed by atoms with van der Waals surface area (Å²) in [5, 5.41) is 9.42. The molecule has 1 aromatic rings. The number of hydrogen-bond donors (Lipinski definition) is 2. The molecule has 0 amide bonds. The zero-order valence-electron chi connectivity index (χ0n) is 7.13. The number of rotatable bonds is 3. The van der Waals surface area contributed by atoms with Crippen LogP contribution in [0.4, 0.5) is 0 Å². The number of benzene rings is 1. The van der Waals surface area contributed by atoms with E-state index in [0.29, 0.717) is 15.4 Å². The van der Waals surface area contributed by atoms with Crippen molar-refractivity contribution < 1.29 is 9.90 Å². The zero-order valence-corrected chi connectivity index (χ0v) is 10.3. The minimum atomic E-state index is -0.627. The predicted octanol–water partition coefficient (Wildman–Crippen LogP) is 1.90. The lowest BCUT2D eigenvalue weighted by molar-refractivity contribution is 0.468. The molecule has 1 aromatic carbocycles. The highest BCUT2D eigenvalue weighted by Crippen LogP contribution is 2.33. The molecule has 1 atom stereocenters. The van der Waals surface area contributed by atoms with Gasteiger partial charge < -0.3 is 10.8 Å². The summed E-state index contributed by atoms with van der Waals surface area (Å²) in [7, 11) is 0. The van der Waals surface area contributed by atoms with Gasteiger partial charge in [-0.05, 0) is 56.0 Å². The number of nitrogens with two attached hydrogens (primary N) is 1. The van der Waals surface area contributed by atoms with Crippen LogP contribution in [-0.2, 0) is 11.2 Å². The van der Waals surface area contributed by atoms with Crippen LogP contribution in [0.2, 0.25) is 0 Å². The minimum Gasteiger partial charge on any atom is -0.506 e. The van der Waals surface area contributed by atoms with E-state index >= 15 is 0 Å². The Labute approximate surface area is 98.6 Å². The van der Waals surface area contributed by atoms with Crippen molar-refractivity contribution in [2.45, 2.75) is 12.5 Å². The van der Waals surface area contributed by atoms with Crippen molar-refractivity contribution in [2.24, 2.45) is 5.73 Å². The van der Waals surface area contributed by atoms with E-state index in [9.17, 15) is 9.90 Å². The topological polar surface area (TPSA) is 63.3 Å². The predicted molar refractivity (Wildman–Crippen MR) is 60.9 cm³/mol. The third-order valence-corrected chi connectivity index (χ3v) is 2.89. The first-order chi connectivity index (χ1) is 6.54. The SMILES string of the molecule is N[C@H]([C]=O)Cc1cc(Br)c(O)c(Br)c1. The Kier molecular flexibility index (Phi) is 4.10. The van der Waals surface area contributed by atoms with Gasteiger partial charge in [0.05, 0.1) is 15.0 Å². The van der Waals surface area contributed by atoms with Gasteiger partial charge in [0.25, 0.3) is 0 Å². The number of phenols is 1. The van der Waals surface area contributed by atoms with E-state index in [0.717, 1.165) is 5.56 Å². The minimum absolute atomic E-state index is 0.136. The molecule has 0 unspecified atom stereocenters. The van der Waals surface area contributed by atoms with Crippen molar-refractivity contribution in [3.63, 3.8) is 0 Å². The molecule has 0 fully saturated rings. The first-order valence-corrected chi connectivity index (χ1v) is 5.43.